The van der Waals surface area contributed by atoms with E-state index in [1.807, 2.05) is 0 Å². The number of fused-ring (bicyclic) bond motifs is 1. The van der Waals surface area contributed by atoms with E-state index in [0.717, 1.165) is 16.2 Å². The van der Waals surface area contributed by atoms with Crippen molar-refractivity contribution in [3.63, 3.8) is 0 Å². The van der Waals surface area contributed by atoms with Gasteiger partial charge in [0.25, 0.3) is 10.0 Å². The predicted molar refractivity (Wildman–Crippen MR) is 66.5 cm³/mol. The lowest BCUT2D eigenvalue weighted by atomic mass is 10.3. The highest BCUT2D eigenvalue weighted by molar-refractivity contribution is 7.90. The van der Waals surface area contributed by atoms with Crippen LogP contribution in [0.4, 0.5) is 4.39 Å². The number of rotatable bonds is 2. The first kappa shape index (κ1) is 11.8. The molecule has 0 aliphatic rings. The second kappa shape index (κ2) is 4.13. The molecule has 0 unspecified atom stereocenters. The maximum Gasteiger partial charge on any atom is 0.284 e. The van der Waals surface area contributed by atoms with Gasteiger partial charge in [0.2, 0.25) is 0 Å². The van der Waals surface area contributed by atoms with E-state index in [4.69, 9.17) is 0 Å². The summed E-state index contributed by atoms with van der Waals surface area (Å²) in [6, 6.07) is 11.3. The Morgan fingerprint density at radius 2 is 1.68 bits per heavy atom. The van der Waals surface area contributed by atoms with Gasteiger partial charge in [0.1, 0.15) is 16.9 Å². The molecule has 1 heterocycles. The number of aromatic nitrogens is 3. The van der Waals surface area contributed by atoms with Crippen LogP contribution in [-0.4, -0.2) is 22.8 Å². The molecule has 0 spiro atoms. The smallest absolute Gasteiger partial charge is 0.207 e. The van der Waals surface area contributed by atoms with Crippen LogP contribution in [0.25, 0.3) is 11.0 Å². The molecule has 0 bridgehead atoms. The van der Waals surface area contributed by atoms with Crippen molar-refractivity contribution >= 4 is 21.1 Å². The number of hydrogen-bond acceptors (Lipinski definition) is 4. The molecule has 0 atom stereocenters. The highest BCUT2D eigenvalue weighted by Gasteiger charge is 2.20. The van der Waals surface area contributed by atoms with Crippen LogP contribution in [0.5, 0.6) is 0 Å². The molecule has 0 fully saturated rings. The van der Waals surface area contributed by atoms with Crippen molar-refractivity contribution in [1.29, 1.82) is 0 Å². The van der Waals surface area contributed by atoms with Gasteiger partial charge in [-0.3, -0.25) is 0 Å². The molecule has 0 aliphatic carbocycles. The van der Waals surface area contributed by atoms with E-state index in [2.05, 4.69) is 10.3 Å². The van der Waals surface area contributed by atoms with Crippen LogP contribution in [0.3, 0.4) is 0 Å². The van der Waals surface area contributed by atoms with E-state index in [0.29, 0.717) is 11.0 Å². The van der Waals surface area contributed by atoms with Gasteiger partial charge >= 0.3 is 0 Å². The lowest BCUT2D eigenvalue weighted by Crippen LogP contribution is -2.14. The third-order valence-corrected chi connectivity index (χ3v) is 4.25. The molecule has 2 aromatic carbocycles. The SMILES string of the molecule is O=S(=O)(c1ccc(F)cc1)n1nnc2ccccc21. The Bertz CT molecular complexity index is 841. The van der Waals surface area contributed by atoms with Gasteiger partial charge in [-0.25, -0.2) is 4.39 Å². The summed E-state index contributed by atoms with van der Waals surface area (Å²) >= 11 is 0. The van der Waals surface area contributed by atoms with Crippen molar-refractivity contribution in [2.24, 2.45) is 0 Å². The average molecular weight is 277 g/mol. The maximum atomic E-state index is 12.8. The van der Waals surface area contributed by atoms with Gasteiger partial charge in [0.05, 0.1) is 4.90 Å². The molecule has 0 aliphatic heterocycles. The molecule has 0 saturated carbocycles. The molecule has 0 N–H and O–H groups in total. The Kier molecular flexibility index (Phi) is 2.56. The molecule has 7 heteroatoms. The van der Waals surface area contributed by atoms with Gasteiger partial charge in [-0.2, -0.15) is 8.42 Å². The van der Waals surface area contributed by atoms with Crippen LogP contribution in [0.2, 0.25) is 0 Å². The van der Waals surface area contributed by atoms with E-state index in [9.17, 15) is 12.8 Å². The summed E-state index contributed by atoms with van der Waals surface area (Å²) in [4.78, 5) is -0.0375. The topological polar surface area (TPSA) is 64.8 Å². The first-order valence-corrected chi connectivity index (χ1v) is 6.85. The van der Waals surface area contributed by atoms with Crippen molar-refractivity contribution in [2.45, 2.75) is 4.90 Å². The van der Waals surface area contributed by atoms with E-state index in [1.54, 1.807) is 24.3 Å². The van der Waals surface area contributed by atoms with Gasteiger partial charge in [0.15, 0.2) is 0 Å². The number of nitrogens with zero attached hydrogens (tertiary/aromatic N) is 3. The minimum Gasteiger partial charge on any atom is -0.207 e. The Hall–Kier alpha value is -2.28. The van der Waals surface area contributed by atoms with Crippen LogP contribution in [-0.2, 0) is 10.0 Å². The van der Waals surface area contributed by atoms with Crippen molar-refractivity contribution in [1.82, 2.24) is 14.4 Å². The molecular weight excluding hydrogens is 269 g/mol. The average Bonchev–Trinajstić information content (AvgIpc) is 2.83. The van der Waals surface area contributed by atoms with Crippen LogP contribution in [0.15, 0.2) is 53.4 Å². The molecule has 96 valence electrons. The van der Waals surface area contributed by atoms with E-state index >= 15 is 0 Å². The summed E-state index contributed by atoms with van der Waals surface area (Å²) in [5, 5.41) is 7.44. The third-order valence-electron chi connectivity index (χ3n) is 2.66. The monoisotopic (exact) mass is 277 g/mol. The highest BCUT2D eigenvalue weighted by atomic mass is 32.2. The normalized spacial score (nSPS) is 11.8. The Labute approximate surface area is 108 Å². The molecule has 19 heavy (non-hydrogen) atoms. The van der Waals surface area contributed by atoms with E-state index in [1.165, 1.54) is 12.1 Å². The number of halogens is 1. The molecular formula is C12H8FN3O2S. The molecule has 1 aromatic heterocycles. The largest absolute Gasteiger partial charge is 0.284 e. The minimum absolute atomic E-state index is 0.0375. The standard InChI is InChI=1S/C12H8FN3O2S/c13-9-5-7-10(8-6-9)19(17,18)16-12-4-2-1-3-11(12)14-15-16/h1-8H. The van der Waals surface area contributed by atoms with E-state index in [-0.39, 0.29) is 4.90 Å². The summed E-state index contributed by atoms with van der Waals surface area (Å²) in [5.41, 5.74) is 0.861. The number of para-hydroxylation sites is 1. The van der Waals surface area contributed by atoms with Crippen molar-refractivity contribution in [2.75, 3.05) is 0 Å². The highest BCUT2D eigenvalue weighted by Crippen LogP contribution is 2.18. The maximum absolute atomic E-state index is 12.8. The van der Waals surface area contributed by atoms with Crippen molar-refractivity contribution < 1.29 is 12.8 Å². The number of benzene rings is 2. The van der Waals surface area contributed by atoms with Gasteiger partial charge < -0.3 is 0 Å². The lowest BCUT2D eigenvalue weighted by Gasteiger charge is -2.04. The zero-order valence-electron chi connectivity index (χ0n) is 9.56. The quantitative estimate of drug-likeness (QED) is 0.716. The molecule has 3 rings (SSSR count). The molecule has 0 amide bonds. The van der Waals surface area contributed by atoms with Crippen LogP contribution in [0, 0.1) is 5.82 Å². The molecule has 0 radical (unpaired) electrons. The molecule has 5 nitrogen and oxygen atoms in total. The Morgan fingerprint density at radius 3 is 2.42 bits per heavy atom. The number of hydrogen-bond donors (Lipinski definition) is 0. The fourth-order valence-corrected chi connectivity index (χ4v) is 2.96. The van der Waals surface area contributed by atoms with Gasteiger partial charge in [-0.15, -0.1) is 9.19 Å². The summed E-state index contributed by atoms with van der Waals surface area (Å²) < 4.78 is 38.4. The zero-order valence-corrected chi connectivity index (χ0v) is 10.4. The van der Waals surface area contributed by atoms with Crippen LogP contribution in [0.1, 0.15) is 0 Å². The molecule has 3 aromatic rings. The summed E-state index contributed by atoms with van der Waals surface area (Å²) in [6.07, 6.45) is 0. The van der Waals surface area contributed by atoms with Crippen LogP contribution >= 0.6 is 0 Å². The zero-order chi connectivity index (χ0) is 13.5. The van der Waals surface area contributed by atoms with Crippen molar-refractivity contribution in [3.05, 3.63) is 54.3 Å². The van der Waals surface area contributed by atoms with Gasteiger partial charge in [-0.05, 0) is 36.4 Å². The lowest BCUT2D eigenvalue weighted by molar-refractivity contribution is 0.578. The summed E-state index contributed by atoms with van der Waals surface area (Å²) in [6.45, 7) is 0. The Morgan fingerprint density at radius 1 is 1.00 bits per heavy atom. The second-order valence-corrected chi connectivity index (χ2v) is 5.65. The third kappa shape index (κ3) is 1.88. The molecule has 0 saturated heterocycles. The second-order valence-electron chi connectivity index (χ2n) is 3.88. The predicted octanol–water partition coefficient (Wildman–Crippen LogP) is 1.81. The fourth-order valence-electron chi connectivity index (χ4n) is 1.73. The summed E-state index contributed by atoms with van der Waals surface area (Å²) in [7, 11) is -3.86. The van der Waals surface area contributed by atoms with Gasteiger partial charge in [-0.1, -0.05) is 17.3 Å². The first-order valence-electron chi connectivity index (χ1n) is 5.40. The Balaban J connectivity index is 2.22. The van der Waals surface area contributed by atoms with Crippen molar-refractivity contribution in [3.8, 4) is 0 Å². The van der Waals surface area contributed by atoms with Gasteiger partial charge in [0, 0.05) is 0 Å². The van der Waals surface area contributed by atoms with Crippen LogP contribution < -0.4 is 0 Å². The minimum atomic E-state index is -3.86. The summed E-state index contributed by atoms with van der Waals surface area (Å²) in [5.74, 6) is -0.498. The van der Waals surface area contributed by atoms with E-state index < -0.39 is 15.8 Å². The fraction of sp³-hybridized carbons (Fsp3) is 0. The first-order chi connectivity index (χ1) is 9.09.